The van der Waals surface area contributed by atoms with Crippen molar-refractivity contribution in [3.05, 3.63) is 29.6 Å². The molecule has 0 bridgehead atoms. The van der Waals surface area contributed by atoms with Gasteiger partial charge in [0.15, 0.2) is 0 Å². The van der Waals surface area contributed by atoms with E-state index in [9.17, 15) is 9.18 Å². The smallest absolute Gasteiger partial charge is 0.314 e. The lowest BCUT2D eigenvalue weighted by atomic mass is 9.69. The summed E-state index contributed by atoms with van der Waals surface area (Å²) in [6.45, 7) is 3.18. The molecule has 192 valence electrons. The van der Waals surface area contributed by atoms with Crippen LogP contribution in [0.4, 0.5) is 4.39 Å². The number of rotatable bonds is 8. The van der Waals surface area contributed by atoms with Crippen molar-refractivity contribution in [1.82, 2.24) is 0 Å². The second-order valence-electron chi connectivity index (χ2n) is 11.3. The highest BCUT2D eigenvalue weighted by molar-refractivity contribution is 5.75. The van der Waals surface area contributed by atoms with Crippen LogP contribution in [0.25, 0.3) is 0 Å². The zero-order chi connectivity index (χ0) is 24.6. The molecule has 1 aromatic carbocycles. The highest BCUT2D eigenvalue weighted by Crippen LogP contribution is 2.42. The molecular weight excluding hydrogens is 441 g/mol. The summed E-state index contributed by atoms with van der Waals surface area (Å²) in [5.74, 6) is 2.62. The predicted octanol–water partition coefficient (Wildman–Crippen LogP) is 7.59. The van der Waals surface area contributed by atoms with E-state index in [-0.39, 0.29) is 29.3 Å². The van der Waals surface area contributed by atoms with E-state index in [2.05, 4.69) is 6.92 Å². The number of carbonyl (C=O) groups excluding carboxylic acids is 1. The first-order valence-corrected chi connectivity index (χ1v) is 14.1. The summed E-state index contributed by atoms with van der Waals surface area (Å²) in [7, 11) is 0. The lowest BCUT2D eigenvalue weighted by Crippen LogP contribution is -2.31. The van der Waals surface area contributed by atoms with Crippen LogP contribution in [-0.4, -0.2) is 18.7 Å². The maximum Gasteiger partial charge on any atom is 0.314 e. The summed E-state index contributed by atoms with van der Waals surface area (Å²) in [5.41, 5.74) is -0.0505. The lowest BCUT2D eigenvalue weighted by Gasteiger charge is -2.38. The summed E-state index contributed by atoms with van der Waals surface area (Å²) in [5, 5.41) is 8.83. The zero-order valence-electron chi connectivity index (χ0n) is 21.4. The number of ether oxygens (including phenoxy) is 2. The first kappa shape index (κ1) is 26.1. The minimum atomic E-state index is -0.664. The number of nitrogens with zero attached hydrogens (tertiary/aromatic N) is 1. The van der Waals surface area contributed by atoms with Gasteiger partial charge in [0, 0.05) is 12.7 Å². The van der Waals surface area contributed by atoms with Crippen molar-refractivity contribution in [3.8, 4) is 11.8 Å². The molecule has 0 radical (unpaired) electrons. The van der Waals surface area contributed by atoms with Gasteiger partial charge in [-0.2, -0.15) is 5.26 Å². The number of nitriles is 1. The van der Waals surface area contributed by atoms with E-state index in [0.29, 0.717) is 5.92 Å². The van der Waals surface area contributed by atoms with Crippen LogP contribution >= 0.6 is 0 Å². The van der Waals surface area contributed by atoms with Gasteiger partial charge in [0.1, 0.15) is 17.6 Å². The molecule has 0 amide bonds. The van der Waals surface area contributed by atoms with E-state index in [1.807, 2.05) is 0 Å². The van der Waals surface area contributed by atoms with E-state index in [1.54, 1.807) is 6.07 Å². The molecule has 3 fully saturated rings. The first-order valence-electron chi connectivity index (χ1n) is 14.1. The van der Waals surface area contributed by atoms with Gasteiger partial charge in [0.25, 0.3) is 0 Å². The molecule has 0 heterocycles. The van der Waals surface area contributed by atoms with Gasteiger partial charge in [0.05, 0.1) is 17.6 Å². The van der Waals surface area contributed by atoms with Crippen LogP contribution in [0.1, 0.15) is 102 Å². The molecule has 0 aliphatic heterocycles. The molecule has 4 rings (SSSR count). The molecule has 0 aromatic heterocycles. The molecule has 0 saturated heterocycles. The van der Waals surface area contributed by atoms with Gasteiger partial charge in [-0.25, -0.2) is 4.39 Å². The Kier molecular flexibility index (Phi) is 9.60. The largest absolute Gasteiger partial charge is 0.426 e. The lowest BCUT2D eigenvalue weighted by molar-refractivity contribution is -0.141. The van der Waals surface area contributed by atoms with Gasteiger partial charge in [-0.1, -0.05) is 32.6 Å². The van der Waals surface area contributed by atoms with Crippen LogP contribution in [0.3, 0.4) is 0 Å². The Hall–Kier alpha value is -1.93. The molecule has 3 aliphatic carbocycles. The number of carbonyl (C=O) groups is 1. The molecule has 1 aromatic rings. The van der Waals surface area contributed by atoms with Crippen LogP contribution in [0, 0.1) is 46.7 Å². The number of halogens is 1. The average Bonchev–Trinajstić information content (AvgIpc) is 2.89. The summed E-state index contributed by atoms with van der Waals surface area (Å²) < 4.78 is 25.4. The fourth-order valence-electron chi connectivity index (χ4n) is 6.77. The van der Waals surface area contributed by atoms with Gasteiger partial charge in [-0.05, 0) is 100 Å². The van der Waals surface area contributed by atoms with E-state index >= 15 is 0 Å². The van der Waals surface area contributed by atoms with Crippen LogP contribution in [0.5, 0.6) is 5.75 Å². The molecule has 3 aliphatic rings. The third-order valence-corrected chi connectivity index (χ3v) is 9.00. The Morgan fingerprint density at radius 2 is 1.57 bits per heavy atom. The number of benzene rings is 1. The fourth-order valence-corrected chi connectivity index (χ4v) is 6.77. The van der Waals surface area contributed by atoms with Crippen LogP contribution < -0.4 is 4.74 Å². The fraction of sp³-hybridized carbons (Fsp3) is 0.733. The van der Waals surface area contributed by atoms with E-state index in [4.69, 9.17) is 14.7 Å². The summed E-state index contributed by atoms with van der Waals surface area (Å²) >= 11 is 0. The Bertz CT molecular complexity index is 857. The standard InChI is InChI=1S/C30H42FNO3/c1-2-3-21-4-8-23(9-5-21)24-10-6-22(7-11-24)20-34-27-15-12-25(13-16-27)30(33)35-28-17-14-26(19-32)29(31)18-28/h14,17-18,21-25,27H,2-13,15-16,20H2,1H3/t21-,22-,23-,24-,25-,27-. The van der Waals surface area contributed by atoms with Crippen molar-refractivity contribution >= 4 is 5.97 Å². The van der Waals surface area contributed by atoms with Crippen molar-refractivity contribution in [2.24, 2.45) is 29.6 Å². The third-order valence-electron chi connectivity index (χ3n) is 9.00. The van der Waals surface area contributed by atoms with Gasteiger partial charge in [0.2, 0.25) is 0 Å². The van der Waals surface area contributed by atoms with Crippen LogP contribution in [0.2, 0.25) is 0 Å². The maximum atomic E-state index is 13.8. The van der Waals surface area contributed by atoms with Gasteiger partial charge < -0.3 is 9.47 Å². The minimum absolute atomic E-state index is 0.0505. The van der Waals surface area contributed by atoms with E-state index < -0.39 is 5.82 Å². The highest BCUT2D eigenvalue weighted by Gasteiger charge is 2.32. The Balaban J connectivity index is 1.11. The highest BCUT2D eigenvalue weighted by atomic mass is 19.1. The van der Waals surface area contributed by atoms with E-state index in [0.717, 1.165) is 56.1 Å². The summed E-state index contributed by atoms with van der Waals surface area (Å²) in [6.07, 6.45) is 17.5. The molecule has 0 atom stereocenters. The van der Waals surface area contributed by atoms with Crippen molar-refractivity contribution < 1.29 is 18.7 Å². The maximum absolute atomic E-state index is 13.8. The Morgan fingerprint density at radius 1 is 0.943 bits per heavy atom. The summed E-state index contributed by atoms with van der Waals surface area (Å²) in [6, 6.07) is 5.69. The second-order valence-corrected chi connectivity index (χ2v) is 11.3. The molecule has 0 N–H and O–H groups in total. The third kappa shape index (κ3) is 7.29. The molecule has 3 saturated carbocycles. The topological polar surface area (TPSA) is 59.3 Å². The molecule has 4 nitrogen and oxygen atoms in total. The number of esters is 1. The molecule has 35 heavy (non-hydrogen) atoms. The Morgan fingerprint density at radius 3 is 2.14 bits per heavy atom. The molecular formula is C30H42FNO3. The molecule has 0 unspecified atom stereocenters. The van der Waals surface area contributed by atoms with Gasteiger partial charge in [-0.15, -0.1) is 0 Å². The second kappa shape index (κ2) is 12.9. The Labute approximate surface area is 210 Å². The monoisotopic (exact) mass is 483 g/mol. The summed E-state index contributed by atoms with van der Waals surface area (Å²) in [4.78, 5) is 12.5. The van der Waals surface area contributed by atoms with Crippen LogP contribution in [0.15, 0.2) is 18.2 Å². The van der Waals surface area contributed by atoms with Crippen molar-refractivity contribution in [1.29, 1.82) is 5.26 Å². The zero-order valence-corrected chi connectivity index (χ0v) is 21.4. The molecule has 5 heteroatoms. The first-order chi connectivity index (χ1) is 17.1. The van der Waals surface area contributed by atoms with Crippen molar-refractivity contribution in [2.75, 3.05) is 6.61 Å². The SMILES string of the molecule is CCC[C@H]1CC[C@H]([C@H]2CC[C@H](CO[C@H]3CC[C@H](C(=O)Oc4ccc(C#N)c(F)c4)CC3)CC2)CC1. The van der Waals surface area contributed by atoms with E-state index in [1.165, 1.54) is 76.3 Å². The number of hydrogen-bond acceptors (Lipinski definition) is 4. The quantitative estimate of drug-likeness (QED) is 0.282. The van der Waals surface area contributed by atoms with Crippen molar-refractivity contribution in [2.45, 2.75) is 103 Å². The molecule has 0 spiro atoms. The van der Waals surface area contributed by atoms with Gasteiger partial charge in [-0.3, -0.25) is 4.79 Å². The van der Waals surface area contributed by atoms with Gasteiger partial charge >= 0.3 is 5.97 Å². The predicted molar refractivity (Wildman–Crippen MR) is 134 cm³/mol. The van der Waals surface area contributed by atoms with Crippen molar-refractivity contribution in [3.63, 3.8) is 0 Å². The number of hydrogen-bond donors (Lipinski definition) is 0. The average molecular weight is 484 g/mol. The van der Waals surface area contributed by atoms with Crippen LogP contribution in [-0.2, 0) is 9.53 Å². The normalized spacial score (nSPS) is 31.5. The minimum Gasteiger partial charge on any atom is -0.426 e.